The highest BCUT2D eigenvalue weighted by Gasteiger charge is 2.30. The Morgan fingerprint density at radius 3 is 2.55 bits per heavy atom. The van der Waals surface area contributed by atoms with E-state index in [0.717, 1.165) is 0 Å². The topological polar surface area (TPSA) is 165 Å². The molecule has 0 bridgehead atoms. The fourth-order valence-corrected chi connectivity index (χ4v) is 4.18. The van der Waals surface area contributed by atoms with Crippen molar-refractivity contribution in [1.29, 1.82) is 0 Å². The maximum Gasteiger partial charge on any atom is 0.408 e. The predicted octanol–water partition coefficient (Wildman–Crippen LogP) is 0.239. The van der Waals surface area contributed by atoms with E-state index in [-0.39, 0.29) is 28.7 Å². The standard InChI is InChI=1S/C18H23N3O7S/c19-10-16(22)20-8-4-3-6-14(17(23)24)21-18(25)28-11-13-9-12-5-1-2-7-15(12)29(13,26)27/h1-2,5,7,9,14H,3-4,6,8,10-11,19H2,(H,20,22)(H,21,25)(H,23,24)/t14-/m0/s1. The summed E-state index contributed by atoms with van der Waals surface area (Å²) in [5.41, 5.74) is 5.66. The van der Waals surface area contributed by atoms with E-state index in [9.17, 15) is 27.9 Å². The number of ether oxygens (including phenoxy) is 1. The Morgan fingerprint density at radius 1 is 1.17 bits per heavy atom. The Balaban J connectivity index is 1.81. The molecule has 0 saturated heterocycles. The van der Waals surface area contributed by atoms with E-state index in [4.69, 9.17) is 10.5 Å². The third-order valence-electron chi connectivity index (χ3n) is 4.23. The fourth-order valence-electron chi connectivity index (χ4n) is 2.71. The van der Waals surface area contributed by atoms with Gasteiger partial charge in [-0.05, 0) is 37.0 Å². The Labute approximate surface area is 168 Å². The summed E-state index contributed by atoms with van der Waals surface area (Å²) >= 11 is 0. The van der Waals surface area contributed by atoms with Crippen LogP contribution in [-0.4, -0.2) is 57.2 Å². The highest BCUT2D eigenvalue weighted by molar-refractivity contribution is 7.95. The van der Waals surface area contributed by atoms with Gasteiger partial charge in [0.25, 0.3) is 0 Å². The van der Waals surface area contributed by atoms with Crippen molar-refractivity contribution in [2.45, 2.75) is 30.2 Å². The number of carbonyl (C=O) groups excluding carboxylic acids is 2. The molecule has 0 saturated carbocycles. The van der Waals surface area contributed by atoms with Gasteiger partial charge in [0.05, 0.1) is 16.3 Å². The lowest BCUT2D eigenvalue weighted by Crippen LogP contribution is -2.41. The van der Waals surface area contributed by atoms with E-state index < -0.39 is 34.5 Å². The van der Waals surface area contributed by atoms with Gasteiger partial charge in [-0.2, -0.15) is 0 Å². The number of carboxylic acids is 1. The number of nitrogens with one attached hydrogen (secondary N) is 2. The van der Waals surface area contributed by atoms with Gasteiger partial charge in [0.2, 0.25) is 15.7 Å². The first-order valence-electron chi connectivity index (χ1n) is 8.93. The summed E-state index contributed by atoms with van der Waals surface area (Å²) in [5, 5.41) is 14.0. The molecule has 2 amide bonds. The average Bonchev–Trinajstić information content (AvgIpc) is 2.95. The highest BCUT2D eigenvalue weighted by Crippen LogP contribution is 2.32. The van der Waals surface area contributed by atoms with Gasteiger partial charge in [0.1, 0.15) is 12.6 Å². The van der Waals surface area contributed by atoms with Gasteiger partial charge < -0.3 is 26.2 Å². The van der Waals surface area contributed by atoms with Crippen LogP contribution in [0.25, 0.3) is 6.08 Å². The second kappa shape index (κ2) is 10.0. The van der Waals surface area contributed by atoms with Gasteiger partial charge in [0, 0.05) is 6.54 Å². The minimum atomic E-state index is -3.72. The first-order chi connectivity index (χ1) is 13.8. The van der Waals surface area contributed by atoms with Gasteiger partial charge in [-0.25, -0.2) is 18.0 Å². The molecule has 1 aromatic rings. The number of nitrogens with two attached hydrogens (primary N) is 1. The number of benzene rings is 1. The van der Waals surface area contributed by atoms with E-state index in [1.165, 1.54) is 12.1 Å². The maximum absolute atomic E-state index is 12.4. The molecule has 0 fully saturated rings. The van der Waals surface area contributed by atoms with Crippen LogP contribution in [0.2, 0.25) is 0 Å². The van der Waals surface area contributed by atoms with Crippen molar-refractivity contribution >= 4 is 33.9 Å². The molecule has 10 nitrogen and oxygen atoms in total. The number of hydrogen-bond donors (Lipinski definition) is 4. The number of rotatable bonds is 10. The predicted molar refractivity (Wildman–Crippen MR) is 103 cm³/mol. The number of carbonyl (C=O) groups is 3. The van der Waals surface area contributed by atoms with Crippen LogP contribution in [0, 0.1) is 0 Å². The monoisotopic (exact) mass is 425 g/mol. The average molecular weight is 425 g/mol. The van der Waals surface area contributed by atoms with Crippen LogP contribution in [0.5, 0.6) is 0 Å². The van der Waals surface area contributed by atoms with E-state index in [1.807, 2.05) is 0 Å². The van der Waals surface area contributed by atoms with Crippen LogP contribution in [0.4, 0.5) is 4.79 Å². The summed E-state index contributed by atoms with van der Waals surface area (Å²) in [4.78, 5) is 34.3. The lowest BCUT2D eigenvalue weighted by atomic mass is 10.1. The van der Waals surface area contributed by atoms with E-state index in [2.05, 4.69) is 10.6 Å². The summed E-state index contributed by atoms with van der Waals surface area (Å²) in [6.45, 7) is -0.276. The second-order valence-corrected chi connectivity index (χ2v) is 8.28. The molecule has 1 aliphatic heterocycles. The lowest BCUT2D eigenvalue weighted by molar-refractivity contribution is -0.139. The number of carboxylic acid groups (broad SMARTS) is 1. The smallest absolute Gasteiger partial charge is 0.408 e. The van der Waals surface area contributed by atoms with Gasteiger partial charge in [0.15, 0.2) is 0 Å². The summed E-state index contributed by atoms with van der Waals surface area (Å²) in [5.74, 6) is -1.55. The SMILES string of the molecule is NCC(=O)NCCCC[C@H](NC(=O)OCC1=Cc2ccccc2S1(=O)=O)C(=O)O. The number of fused-ring (bicyclic) bond motifs is 1. The van der Waals surface area contributed by atoms with Gasteiger partial charge in [-0.15, -0.1) is 0 Å². The minimum absolute atomic E-state index is 0.0728. The molecule has 1 heterocycles. The molecule has 1 aliphatic rings. The van der Waals surface area contributed by atoms with Crippen molar-refractivity contribution in [2.24, 2.45) is 5.73 Å². The molecule has 0 spiro atoms. The number of sulfone groups is 1. The molecule has 29 heavy (non-hydrogen) atoms. The molecule has 1 aromatic carbocycles. The molecule has 11 heteroatoms. The van der Waals surface area contributed by atoms with E-state index >= 15 is 0 Å². The van der Waals surface area contributed by atoms with Crippen LogP contribution >= 0.6 is 0 Å². The first-order valence-corrected chi connectivity index (χ1v) is 10.4. The van der Waals surface area contributed by atoms with Crippen molar-refractivity contribution in [2.75, 3.05) is 19.7 Å². The molecule has 1 atom stereocenters. The molecular weight excluding hydrogens is 402 g/mol. The molecule has 2 rings (SSSR count). The normalized spacial score (nSPS) is 15.0. The van der Waals surface area contributed by atoms with Crippen molar-refractivity contribution in [3.8, 4) is 0 Å². The van der Waals surface area contributed by atoms with Crippen LogP contribution in [0.1, 0.15) is 24.8 Å². The van der Waals surface area contributed by atoms with Crippen LogP contribution in [0.3, 0.4) is 0 Å². The summed E-state index contributed by atoms with van der Waals surface area (Å²) in [6, 6.07) is 5.19. The zero-order valence-electron chi connectivity index (χ0n) is 15.6. The number of aliphatic carboxylic acids is 1. The Morgan fingerprint density at radius 2 is 1.90 bits per heavy atom. The van der Waals surface area contributed by atoms with Crippen LogP contribution in [-0.2, 0) is 24.2 Å². The molecule has 5 N–H and O–H groups in total. The van der Waals surface area contributed by atoms with Crippen molar-refractivity contribution < 1.29 is 32.6 Å². The number of alkyl carbamates (subject to hydrolysis) is 1. The zero-order valence-corrected chi connectivity index (χ0v) is 16.4. The Hall–Kier alpha value is -2.92. The van der Waals surface area contributed by atoms with Crippen LogP contribution < -0.4 is 16.4 Å². The Bertz CT molecular complexity index is 912. The first kappa shape index (κ1) is 22.4. The lowest BCUT2D eigenvalue weighted by Gasteiger charge is -2.15. The van der Waals surface area contributed by atoms with Crippen molar-refractivity contribution in [3.63, 3.8) is 0 Å². The quantitative estimate of drug-likeness (QED) is 0.387. The second-order valence-electron chi connectivity index (χ2n) is 6.31. The van der Waals surface area contributed by atoms with Gasteiger partial charge in [-0.3, -0.25) is 4.79 Å². The van der Waals surface area contributed by atoms with Crippen LogP contribution in [0.15, 0.2) is 34.1 Å². The fraction of sp³-hybridized carbons (Fsp3) is 0.389. The van der Waals surface area contributed by atoms with Crippen molar-refractivity contribution in [3.05, 3.63) is 34.7 Å². The highest BCUT2D eigenvalue weighted by atomic mass is 32.2. The third-order valence-corrected chi connectivity index (χ3v) is 6.11. The number of amides is 2. The van der Waals surface area contributed by atoms with E-state index in [1.54, 1.807) is 18.2 Å². The number of unbranched alkanes of at least 4 members (excludes halogenated alkanes) is 1. The summed E-state index contributed by atoms with van der Waals surface area (Å²) in [6.07, 6.45) is 1.45. The molecule has 0 unspecified atom stereocenters. The van der Waals surface area contributed by atoms with E-state index in [0.29, 0.717) is 24.9 Å². The largest absolute Gasteiger partial charge is 0.480 e. The number of hydrogen-bond acceptors (Lipinski definition) is 7. The molecule has 0 aliphatic carbocycles. The van der Waals surface area contributed by atoms with Crippen molar-refractivity contribution in [1.82, 2.24) is 10.6 Å². The minimum Gasteiger partial charge on any atom is -0.480 e. The summed E-state index contributed by atoms with van der Waals surface area (Å²) in [7, 11) is -3.72. The molecule has 0 aromatic heterocycles. The van der Waals surface area contributed by atoms with Gasteiger partial charge in [-0.1, -0.05) is 18.2 Å². The Kier molecular flexibility index (Phi) is 7.74. The third kappa shape index (κ3) is 6.03. The zero-order chi connectivity index (χ0) is 21.4. The molecule has 0 radical (unpaired) electrons. The van der Waals surface area contributed by atoms with Gasteiger partial charge >= 0.3 is 12.1 Å². The molecule has 158 valence electrons. The maximum atomic E-state index is 12.4. The molecular formula is C18H23N3O7S. The summed E-state index contributed by atoms with van der Waals surface area (Å²) < 4.78 is 29.7.